The van der Waals surface area contributed by atoms with Crippen molar-refractivity contribution in [1.29, 1.82) is 0 Å². The van der Waals surface area contributed by atoms with Crippen LogP contribution >= 0.6 is 22.6 Å². The van der Waals surface area contributed by atoms with Crippen LogP contribution in [0.4, 0.5) is 10.6 Å². The Bertz CT molecular complexity index is 398. The second-order valence-electron chi connectivity index (χ2n) is 4.41. The maximum Gasteiger partial charge on any atom is 0.413 e. The first-order chi connectivity index (χ1) is 7.83. The molecule has 0 fully saturated rings. The number of amides is 1. The minimum absolute atomic E-state index is 0.0409. The van der Waals surface area contributed by atoms with Crippen LogP contribution in [0, 0.1) is 3.57 Å². The Kier molecular flexibility index (Phi) is 4.75. The maximum absolute atomic E-state index is 11.6. The molecule has 7 heteroatoms. The van der Waals surface area contributed by atoms with Crippen LogP contribution in [0.1, 0.15) is 20.8 Å². The van der Waals surface area contributed by atoms with Crippen molar-refractivity contribution in [3.05, 3.63) is 9.77 Å². The molecule has 0 aromatic carbocycles. The summed E-state index contributed by atoms with van der Waals surface area (Å²) in [6, 6.07) is 0. The van der Waals surface area contributed by atoms with E-state index in [4.69, 9.17) is 9.84 Å². The zero-order chi connectivity index (χ0) is 13.1. The van der Waals surface area contributed by atoms with Crippen LogP contribution in [0.2, 0.25) is 0 Å². The molecule has 0 spiro atoms. The summed E-state index contributed by atoms with van der Waals surface area (Å²) in [6.45, 7) is 5.67. The van der Waals surface area contributed by atoms with Crippen molar-refractivity contribution in [3.63, 3.8) is 0 Å². The SMILES string of the molecule is CC(C)(C)OC(=O)Nc1c(I)cnn1CCO. The lowest BCUT2D eigenvalue weighted by Gasteiger charge is -2.20. The number of rotatable bonds is 3. The molecule has 1 aromatic heterocycles. The Labute approximate surface area is 113 Å². The van der Waals surface area contributed by atoms with E-state index in [9.17, 15) is 4.79 Å². The van der Waals surface area contributed by atoms with Gasteiger partial charge in [-0.25, -0.2) is 9.48 Å². The van der Waals surface area contributed by atoms with Crippen molar-refractivity contribution < 1.29 is 14.6 Å². The molecule has 0 saturated carbocycles. The van der Waals surface area contributed by atoms with Crippen molar-refractivity contribution in [2.75, 3.05) is 11.9 Å². The molecule has 0 saturated heterocycles. The van der Waals surface area contributed by atoms with Gasteiger partial charge in [0.2, 0.25) is 0 Å². The monoisotopic (exact) mass is 353 g/mol. The number of carbonyl (C=O) groups excluding carboxylic acids is 1. The van der Waals surface area contributed by atoms with Crippen molar-refractivity contribution >= 4 is 34.5 Å². The van der Waals surface area contributed by atoms with Crippen LogP contribution in [0.3, 0.4) is 0 Å². The average molecular weight is 353 g/mol. The Hall–Kier alpha value is -0.830. The predicted molar refractivity (Wildman–Crippen MR) is 71.9 cm³/mol. The molecule has 0 aliphatic rings. The molecule has 1 aromatic rings. The van der Waals surface area contributed by atoms with E-state index in [2.05, 4.69) is 33.0 Å². The van der Waals surface area contributed by atoms with Crippen LogP contribution in [-0.2, 0) is 11.3 Å². The van der Waals surface area contributed by atoms with E-state index >= 15 is 0 Å². The highest BCUT2D eigenvalue weighted by Crippen LogP contribution is 2.18. The smallest absolute Gasteiger partial charge is 0.413 e. The molecule has 1 amide bonds. The van der Waals surface area contributed by atoms with E-state index in [1.165, 1.54) is 4.68 Å². The summed E-state index contributed by atoms with van der Waals surface area (Å²) < 4.78 is 7.46. The molecule has 0 bridgehead atoms. The first kappa shape index (κ1) is 14.2. The molecule has 6 nitrogen and oxygen atoms in total. The van der Waals surface area contributed by atoms with Gasteiger partial charge in [-0.3, -0.25) is 5.32 Å². The fourth-order valence-electron chi connectivity index (χ4n) is 1.15. The molecule has 1 rings (SSSR count). The molecular formula is C10H16IN3O3. The lowest BCUT2D eigenvalue weighted by Crippen LogP contribution is -2.28. The summed E-state index contributed by atoms with van der Waals surface area (Å²) in [5.74, 6) is 0.536. The average Bonchev–Trinajstić information content (AvgIpc) is 2.47. The Morgan fingerprint density at radius 2 is 2.29 bits per heavy atom. The predicted octanol–water partition coefficient (Wildman–Crippen LogP) is 1.83. The maximum atomic E-state index is 11.6. The number of carbonyl (C=O) groups is 1. The van der Waals surface area contributed by atoms with E-state index in [1.807, 2.05) is 0 Å². The molecule has 0 unspecified atom stereocenters. The van der Waals surface area contributed by atoms with E-state index in [-0.39, 0.29) is 6.61 Å². The standard InChI is InChI=1S/C10H16IN3O3/c1-10(2,3)17-9(16)13-8-7(11)6-12-14(8)4-5-15/h6,15H,4-5H2,1-3H3,(H,13,16). The Balaban J connectivity index is 2.73. The molecule has 96 valence electrons. The van der Waals surface area contributed by atoms with Gasteiger partial charge in [-0.15, -0.1) is 0 Å². The number of nitrogens with zero attached hydrogens (tertiary/aromatic N) is 2. The van der Waals surface area contributed by atoms with Gasteiger partial charge in [0.1, 0.15) is 11.4 Å². The van der Waals surface area contributed by atoms with Gasteiger partial charge < -0.3 is 9.84 Å². The topological polar surface area (TPSA) is 76.4 Å². The zero-order valence-electron chi connectivity index (χ0n) is 10.0. The highest BCUT2D eigenvalue weighted by Gasteiger charge is 2.18. The summed E-state index contributed by atoms with van der Waals surface area (Å²) in [5.41, 5.74) is -0.544. The summed E-state index contributed by atoms with van der Waals surface area (Å²) in [4.78, 5) is 11.6. The molecular weight excluding hydrogens is 337 g/mol. The number of hydrogen-bond donors (Lipinski definition) is 2. The normalized spacial score (nSPS) is 11.4. The van der Waals surface area contributed by atoms with E-state index in [0.717, 1.165) is 3.57 Å². The molecule has 2 N–H and O–H groups in total. The second kappa shape index (κ2) is 5.67. The van der Waals surface area contributed by atoms with E-state index < -0.39 is 11.7 Å². The molecule has 1 heterocycles. The van der Waals surface area contributed by atoms with Gasteiger partial charge >= 0.3 is 6.09 Å². The van der Waals surface area contributed by atoms with Crippen LogP contribution in [-0.4, -0.2) is 33.2 Å². The first-order valence-electron chi connectivity index (χ1n) is 5.15. The molecule has 17 heavy (non-hydrogen) atoms. The van der Waals surface area contributed by atoms with Gasteiger partial charge in [-0.1, -0.05) is 0 Å². The van der Waals surface area contributed by atoms with E-state index in [1.54, 1.807) is 27.0 Å². The third-order valence-electron chi connectivity index (χ3n) is 1.73. The highest BCUT2D eigenvalue weighted by molar-refractivity contribution is 14.1. The number of hydrogen-bond acceptors (Lipinski definition) is 4. The Morgan fingerprint density at radius 1 is 1.65 bits per heavy atom. The number of nitrogens with one attached hydrogen (secondary N) is 1. The Morgan fingerprint density at radius 3 is 2.82 bits per heavy atom. The minimum Gasteiger partial charge on any atom is -0.444 e. The van der Waals surface area contributed by atoms with Gasteiger partial charge in [-0.2, -0.15) is 5.10 Å². The third-order valence-corrected chi connectivity index (χ3v) is 2.52. The van der Waals surface area contributed by atoms with Gasteiger partial charge in [-0.05, 0) is 43.4 Å². The number of anilines is 1. The molecule has 0 atom stereocenters. The van der Waals surface area contributed by atoms with Crippen LogP contribution in [0.15, 0.2) is 6.20 Å². The number of aliphatic hydroxyl groups excluding tert-OH is 1. The minimum atomic E-state index is -0.544. The number of aliphatic hydroxyl groups is 1. The number of halogens is 1. The summed E-state index contributed by atoms with van der Waals surface area (Å²) in [5, 5.41) is 15.5. The van der Waals surface area contributed by atoms with Crippen LogP contribution in [0.5, 0.6) is 0 Å². The fourth-order valence-corrected chi connectivity index (χ4v) is 1.69. The van der Waals surface area contributed by atoms with E-state index in [0.29, 0.717) is 12.4 Å². The first-order valence-corrected chi connectivity index (χ1v) is 6.23. The number of ether oxygens (including phenoxy) is 1. The van der Waals surface area contributed by atoms with Gasteiger partial charge in [0, 0.05) is 0 Å². The van der Waals surface area contributed by atoms with Gasteiger partial charge in [0.05, 0.1) is 22.9 Å². The van der Waals surface area contributed by atoms with Crippen molar-refractivity contribution in [1.82, 2.24) is 9.78 Å². The lowest BCUT2D eigenvalue weighted by atomic mass is 10.2. The zero-order valence-corrected chi connectivity index (χ0v) is 12.2. The van der Waals surface area contributed by atoms with Crippen LogP contribution < -0.4 is 5.32 Å². The number of aromatic nitrogens is 2. The molecule has 0 radical (unpaired) electrons. The van der Waals surface area contributed by atoms with Crippen molar-refractivity contribution in [2.24, 2.45) is 0 Å². The molecule has 0 aliphatic heterocycles. The van der Waals surface area contributed by atoms with Crippen molar-refractivity contribution in [3.8, 4) is 0 Å². The summed E-state index contributed by atoms with van der Waals surface area (Å²) >= 11 is 2.06. The largest absolute Gasteiger partial charge is 0.444 e. The van der Waals surface area contributed by atoms with Crippen molar-refractivity contribution in [2.45, 2.75) is 32.9 Å². The lowest BCUT2D eigenvalue weighted by molar-refractivity contribution is 0.0634. The van der Waals surface area contributed by atoms with Crippen LogP contribution in [0.25, 0.3) is 0 Å². The van der Waals surface area contributed by atoms with Gasteiger partial charge in [0.15, 0.2) is 0 Å². The summed E-state index contributed by atoms with van der Waals surface area (Å²) in [7, 11) is 0. The third kappa shape index (κ3) is 4.50. The quantitative estimate of drug-likeness (QED) is 0.813. The fraction of sp³-hybridized carbons (Fsp3) is 0.600. The summed E-state index contributed by atoms with van der Waals surface area (Å²) in [6.07, 6.45) is 1.08. The second-order valence-corrected chi connectivity index (χ2v) is 5.58. The molecule has 0 aliphatic carbocycles. The van der Waals surface area contributed by atoms with Gasteiger partial charge in [0.25, 0.3) is 0 Å². The highest BCUT2D eigenvalue weighted by atomic mass is 127.